The van der Waals surface area contributed by atoms with Crippen molar-refractivity contribution in [2.24, 2.45) is 22.7 Å². The lowest BCUT2D eigenvalue weighted by molar-refractivity contribution is -0.141. The number of methoxy groups -OCH3 is 1. The molecule has 0 N–H and O–H groups in total. The molecule has 0 heterocycles. The normalized spacial score (nSPS) is 39.4. The summed E-state index contributed by atoms with van der Waals surface area (Å²) in [5, 5.41) is 0. The Labute approximate surface area is 145 Å². The summed E-state index contributed by atoms with van der Waals surface area (Å²) in [5.74, 6) is 0.824. The highest BCUT2D eigenvalue weighted by Gasteiger charge is 2.56. The van der Waals surface area contributed by atoms with Crippen molar-refractivity contribution in [3.8, 4) is 0 Å². The minimum atomic E-state index is -0.702. The van der Waals surface area contributed by atoms with Crippen LogP contribution >= 0.6 is 0 Å². The third-order valence-corrected chi connectivity index (χ3v) is 7.02. The Morgan fingerprint density at radius 1 is 1.25 bits per heavy atom. The number of ether oxygens (including phenoxy) is 1. The number of Topliss-reactive ketones (excluding diaryl/α,β-unsaturated/α-hetero) is 1. The molecule has 3 nitrogen and oxygen atoms in total. The third kappa shape index (κ3) is 2.35. The van der Waals surface area contributed by atoms with Crippen molar-refractivity contribution in [2.75, 3.05) is 7.11 Å². The molecular weight excluding hydrogens is 300 g/mol. The molecule has 3 heteroatoms. The zero-order chi connectivity index (χ0) is 17.7. The van der Waals surface area contributed by atoms with Crippen LogP contribution in [0.25, 0.3) is 0 Å². The molecule has 3 aliphatic carbocycles. The molecule has 1 unspecified atom stereocenters. The number of rotatable bonds is 3. The van der Waals surface area contributed by atoms with Crippen LogP contribution in [0.15, 0.2) is 22.8 Å². The fraction of sp³-hybridized carbons (Fsp3) is 0.714. The maximum atomic E-state index is 13.3. The van der Waals surface area contributed by atoms with Crippen LogP contribution in [-0.4, -0.2) is 25.3 Å². The van der Waals surface area contributed by atoms with Crippen molar-refractivity contribution in [1.82, 2.24) is 0 Å². The van der Waals surface area contributed by atoms with E-state index in [1.54, 1.807) is 5.57 Å². The van der Waals surface area contributed by atoms with Crippen LogP contribution in [0.4, 0.5) is 0 Å². The van der Waals surface area contributed by atoms with Crippen molar-refractivity contribution in [2.45, 2.75) is 65.9 Å². The summed E-state index contributed by atoms with van der Waals surface area (Å²) in [6, 6.07) is 0. The first kappa shape index (κ1) is 17.6. The van der Waals surface area contributed by atoms with Crippen LogP contribution in [-0.2, 0) is 14.3 Å². The van der Waals surface area contributed by atoms with E-state index in [1.807, 2.05) is 6.08 Å². The van der Waals surface area contributed by atoms with Gasteiger partial charge in [-0.3, -0.25) is 9.59 Å². The number of ketones is 1. The third-order valence-electron chi connectivity index (χ3n) is 7.02. The Morgan fingerprint density at radius 3 is 2.54 bits per heavy atom. The SMILES string of the molecule is CO[C@H]1C(=O)[C@]2(C)CCC3(C)CCC(C(C)C)=C3[C@H]2CC=C1C=O. The van der Waals surface area contributed by atoms with Gasteiger partial charge in [0.25, 0.3) is 0 Å². The summed E-state index contributed by atoms with van der Waals surface area (Å²) in [5.41, 5.74) is 3.38. The van der Waals surface area contributed by atoms with Crippen LogP contribution < -0.4 is 0 Å². The average Bonchev–Trinajstić information content (AvgIpc) is 2.85. The van der Waals surface area contributed by atoms with Crippen molar-refractivity contribution in [1.29, 1.82) is 0 Å². The zero-order valence-electron chi connectivity index (χ0n) is 15.6. The number of allylic oxidation sites excluding steroid dienone is 3. The fourth-order valence-corrected chi connectivity index (χ4v) is 5.44. The van der Waals surface area contributed by atoms with E-state index in [-0.39, 0.29) is 17.1 Å². The molecule has 0 radical (unpaired) electrons. The Kier molecular flexibility index (Phi) is 4.36. The highest BCUT2D eigenvalue weighted by Crippen LogP contribution is 2.62. The number of carbonyl (C=O) groups is 2. The van der Waals surface area contributed by atoms with Gasteiger partial charge in [0.05, 0.1) is 0 Å². The molecule has 3 rings (SSSR count). The van der Waals surface area contributed by atoms with Crippen molar-refractivity contribution >= 4 is 12.1 Å². The molecule has 0 bridgehead atoms. The topological polar surface area (TPSA) is 43.4 Å². The summed E-state index contributed by atoms with van der Waals surface area (Å²) in [6.07, 6.45) is 7.15. The maximum absolute atomic E-state index is 13.3. The van der Waals surface area contributed by atoms with Crippen LogP contribution in [0, 0.1) is 22.7 Å². The van der Waals surface area contributed by atoms with Gasteiger partial charge in [-0.05, 0) is 49.4 Å². The van der Waals surface area contributed by atoms with Crippen LogP contribution in [0.2, 0.25) is 0 Å². The quantitative estimate of drug-likeness (QED) is 0.573. The van der Waals surface area contributed by atoms with E-state index < -0.39 is 11.5 Å². The van der Waals surface area contributed by atoms with Gasteiger partial charge in [0.15, 0.2) is 5.78 Å². The molecular formula is C21H30O3. The molecule has 0 amide bonds. The largest absolute Gasteiger partial charge is 0.369 e. The average molecular weight is 330 g/mol. The molecule has 132 valence electrons. The zero-order valence-corrected chi connectivity index (χ0v) is 15.6. The predicted molar refractivity (Wildman–Crippen MR) is 94.6 cm³/mol. The lowest BCUT2D eigenvalue weighted by Crippen LogP contribution is -2.48. The first-order valence-electron chi connectivity index (χ1n) is 9.24. The number of carbonyl (C=O) groups excluding carboxylic acids is 2. The smallest absolute Gasteiger partial charge is 0.172 e. The van der Waals surface area contributed by atoms with Gasteiger partial charge in [-0.25, -0.2) is 0 Å². The standard InChI is InChI=1S/C21H30O3/c1-13(2)15-8-9-20(3)10-11-21(4)16(17(15)20)7-6-14(12-22)18(24-5)19(21)23/h6,12-13,16,18H,7-11H2,1-5H3/t16-,18-,20?,21-/m1/s1. The van der Waals surface area contributed by atoms with Crippen LogP contribution in [0.5, 0.6) is 0 Å². The Bertz CT molecular complexity index is 627. The van der Waals surface area contributed by atoms with Gasteiger partial charge in [-0.15, -0.1) is 0 Å². The van der Waals surface area contributed by atoms with Crippen LogP contribution in [0.3, 0.4) is 0 Å². The van der Waals surface area contributed by atoms with Gasteiger partial charge >= 0.3 is 0 Å². The number of aldehydes is 1. The molecule has 0 aromatic heterocycles. The van der Waals surface area contributed by atoms with Crippen LogP contribution in [0.1, 0.15) is 59.8 Å². The van der Waals surface area contributed by atoms with Gasteiger partial charge in [0.1, 0.15) is 12.4 Å². The van der Waals surface area contributed by atoms with Gasteiger partial charge in [-0.1, -0.05) is 44.9 Å². The molecule has 0 aliphatic heterocycles. The highest BCUT2D eigenvalue weighted by atomic mass is 16.5. The second-order valence-electron chi connectivity index (χ2n) is 8.66. The second kappa shape index (κ2) is 5.94. The van der Waals surface area contributed by atoms with E-state index in [4.69, 9.17) is 4.74 Å². The molecule has 0 spiro atoms. The monoisotopic (exact) mass is 330 g/mol. The summed E-state index contributed by atoms with van der Waals surface area (Å²) in [7, 11) is 1.53. The van der Waals surface area contributed by atoms with Crippen molar-refractivity contribution in [3.63, 3.8) is 0 Å². The summed E-state index contributed by atoms with van der Waals surface area (Å²) < 4.78 is 5.45. The molecule has 1 saturated carbocycles. The predicted octanol–water partition coefficient (Wildman–Crippen LogP) is 4.27. The Balaban J connectivity index is 2.15. The lowest BCUT2D eigenvalue weighted by atomic mass is 9.54. The molecule has 1 fully saturated rings. The first-order valence-corrected chi connectivity index (χ1v) is 9.24. The van der Waals surface area contributed by atoms with E-state index in [2.05, 4.69) is 27.7 Å². The van der Waals surface area contributed by atoms with Gasteiger partial charge < -0.3 is 4.74 Å². The number of hydrogen-bond donors (Lipinski definition) is 0. The van der Waals surface area contributed by atoms with E-state index >= 15 is 0 Å². The summed E-state index contributed by atoms with van der Waals surface area (Å²) in [6.45, 7) is 9.02. The van der Waals surface area contributed by atoms with Gasteiger partial charge in [0.2, 0.25) is 0 Å². The minimum absolute atomic E-state index is 0.0930. The minimum Gasteiger partial charge on any atom is -0.369 e. The van der Waals surface area contributed by atoms with Crippen molar-refractivity contribution < 1.29 is 14.3 Å². The molecule has 3 aliphatic rings. The maximum Gasteiger partial charge on any atom is 0.172 e. The highest BCUT2D eigenvalue weighted by molar-refractivity contribution is 5.98. The molecule has 0 aromatic carbocycles. The van der Waals surface area contributed by atoms with E-state index in [1.165, 1.54) is 19.1 Å². The molecule has 0 aromatic rings. The second-order valence-corrected chi connectivity index (χ2v) is 8.66. The Hall–Kier alpha value is -1.22. The van der Waals surface area contributed by atoms with E-state index in [0.717, 1.165) is 32.0 Å². The fourth-order valence-electron chi connectivity index (χ4n) is 5.44. The summed E-state index contributed by atoms with van der Waals surface area (Å²) >= 11 is 0. The van der Waals surface area contributed by atoms with Crippen molar-refractivity contribution in [3.05, 3.63) is 22.8 Å². The van der Waals surface area contributed by atoms with E-state index in [9.17, 15) is 9.59 Å². The number of fused-ring (bicyclic) bond motifs is 3. The molecule has 24 heavy (non-hydrogen) atoms. The van der Waals surface area contributed by atoms with Gasteiger partial charge in [0, 0.05) is 18.1 Å². The van der Waals surface area contributed by atoms with Gasteiger partial charge in [-0.2, -0.15) is 0 Å². The first-order chi connectivity index (χ1) is 11.3. The lowest BCUT2D eigenvalue weighted by Gasteiger charge is -2.49. The van der Waals surface area contributed by atoms with E-state index in [0.29, 0.717) is 11.5 Å². The molecule has 4 atom stereocenters. The summed E-state index contributed by atoms with van der Waals surface area (Å²) in [4.78, 5) is 24.8. The number of hydrogen-bond acceptors (Lipinski definition) is 3. The molecule has 0 saturated heterocycles. The Morgan fingerprint density at radius 2 is 1.96 bits per heavy atom.